The molecule has 4 rings (SSSR count). The summed E-state index contributed by atoms with van der Waals surface area (Å²) in [7, 11) is -4.86. The van der Waals surface area contributed by atoms with Crippen LogP contribution in [-0.4, -0.2) is 11.6 Å². The molecule has 0 unspecified atom stereocenters. The van der Waals surface area contributed by atoms with Crippen molar-refractivity contribution in [3.8, 4) is 11.5 Å². The molecule has 10 heteroatoms. The van der Waals surface area contributed by atoms with Gasteiger partial charge < -0.3 is 13.9 Å². The third-order valence-corrected chi connectivity index (χ3v) is 6.96. The van der Waals surface area contributed by atoms with Crippen molar-refractivity contribution in [2.75, 3.05) is 0 Å². The van der Waals surface area contributed by atoms with E-state index in [2.05, 4.69) is 31.9 Å². The van der Waals surface area contributed by atoms with Crippen LogP contribution in [0.1, 0.15) is 31.8 Å². The quantitative estimate of drug-likeness (QED) is 0.167. The predicted molar refractivity (Wildman–Crippen MR) is 137 cm³/mol. The van der Waals surface area contributed by atoms with Crippen LogP contribution in [0.3, 0.4) is 0 Å². The van der Waals surface area contributed by atoms with Gasteiger partial charge in [-0.3, -0.25) is 9.59 Å². The average Bonchev–Trinajstić information content (AvgIpc) is 2.86. The Morgan fingerprint density at radius 1 is 0.611 bits per heavy atom. The van der Waals surface area contributed by atoms with Crippen molar-refractivity contribution in [3.05, 3.63) is 128 Å². The van der Waals surface area contributed by atoms with Crippen LogP contribution < -0.4 is 43.5 Å². The molecule has 0 saturated heterocycles. The minimum Gasteiger partial charge on any atom is -0.736 e. The Kier molecular flexibility index (Phi) is 9.89. The zero-order chi connectivity index (χ0) is 25.0. The SMILES string of the molecule is O=C(c1ccccc1)c1ccc(OP(=O)([O-])Oc2ccc(C(=O)c3ccccc3)cc2Br)c(Br)c1.[Na+]. The van der Waals surface area contributed by atoms with Gasteiger partial charge in [0, 0.05) is 22.3 Å². The number of benzene rings is 4. The minimum absolute atomic E-state index is 0. The smallest absolute Gasteiger partial charge is 0.736 e. The van der Waals surface area contributed by atoms with Crippen LogP contribution in [0.15, 0.2) is 106 Å². The van der Waals surface area contributed by atoms with E-state index in [4.69, 9.17) is 9.05 Å². The summed E-state index contributed by atoms with van der Waals surface area (Å²) in [6.45, 7) is 0. The second-order valence-corrected chi connectivity index (χ2v) is 10.3. The largest absolute Gasteiger partial charge is 1.00 e. The van der Waals surface area contributed by atoms with Crippen LogP contribution in [0.5, 0.6) is 11.5 Å². The molecule has 0 fully saturated rings. The molecule has 0 heterocycles. The van der Waals surface area contributed by atoms with Gasteiger partial charge in [0.05, 0.1) is 8.95 Å². The van der Waals surface area contributed by atoms with Gasteiger partial charge in [-0.15, -0.1) is 0 Å². The monoisotopic (exact) mass is 636 g/mol. The molecule has 0 radical (unpaired) electrons. The van der Waals surface area contributed by atoms with Crippen LogP contribution in [0, 0.1) is 0 Å². The molecular weight excluding hydrogens is 622 g/mol. The van der Waals surface area contributed by atoms with E-state index >= 15 is 0 Å². The molecule has 6 nitrogen and oxygen atoms in total. The van der Waals surface area contributed by atoms with E-state index in [0.717, 1.165) is 0 Å². The summed E-state index contributed by atoms with van der Waals surface area (Å²) < 4.78 is 23.3. The molecule has 0 N–H and O–H groups in total. The second kappa shape index (κ2) is 12.5. The molecule has 0 amide bonds. The maximum absolute atomic E-state index is 12.6. The minimum atomic E-state index is -4.86. The van der Waals surface area contributed by atoms with Gasteiger partial charge in [-0.25, -0.2) is 4.57 Å². The van der Waals surface area contributed by atoms with Crippen molar-refractivity contribution >= 4 is 51.2 Å². The van der Waals surface area contributed by atoms with Gasteiger partial charge >= 0.3 is 37.4 Å². The second-order valence-electron chi connectivity index (χ2n) is 7.31. The third-order valence-electron chi connectivity index (χ3n) is 4.88. The fourth-order valence-electron chi connectivity index (χ4n) is 3.20. The molecule has 0 spiro atoms. The number of carbonyl (C=O) groups excluding carboxylic acids is 2. The van der Waals surface area contributed by atoms with Crippen molar-refractivity contribution in [2.24, 2.45) is 0 Å². The van der Waals surface area contributed by atoms with Gasteiger partial charge in [0.2, 0.25) is 0 Å². The van der Waals surface area contributed by atoms with Gasteiger partial charge in [0.25, 0.3) is 0 Å². The zero-order valence-corrected chi connectivity index (χ0v) is 25.0. The summed E-state index contributed by atoms with van der Waals surface area (Å²) in [4.78, 5) is 37.8. The predicted octanol–water partition coefficient (Wildman–Crippen LogP) is 3.60. The standard InChI is InChI=1S/C26H17Br2O6P.Na/c27-21-15-19(25(29)17-7-3-1-4-8-17)11-13-23(21)33-35(31,32)34-24-14-12-20(16-22(24)28)26(30)18-9-5-2-6-10-18;/h1-16H,(H,31,32);/q;+1/p-1. The zero-order valence-electron chi connectivity index (χ0n) is 18.9. The fourth-order valence-corrected chi connectivity index (χ4v) is 5.21. The van der Waals surface area contributed by atoms with Crippen molar-refractivity contribution in [1.82, 2.24) is 0 Å². The maximum atomic E-state index is 12.6. The Morgan fingerprint density at radius 2 is 0.972 bits per heavy atom. The van der Waals surface area contributed by atoms with Crippen molar-refractivity contribution in [3.63, 3.8) is 0 Å². The van der Waals surface area contributed by atoms with E-state index in [1.165, 1.54) is 36.4 Å². The summed E-state index contributed by atoms with van der Waals surface area (Å²) in [6.07, 6.45) is 0. The first-order chi connectivity index (χ1) is 16.7. The van der Waals surface area contributed by atoms with Gasteiger partial charge in [0.1, 0.15) is 11.5 Å². The first-order valence-corrected chi connectivity index (χ1v) is 13.3. The Hall–Kier alpha value is -2.03. The summed E-state index contributed by atoms with van der Waals surface area (Å²) >= 11 is 6.50. The van der Waals surface area contributed by atoms with Gasteiger partial charge in [-0.05, 0) is 68.3 Å². The van der Waals surface area contributed by atoms with Gasteiger partial charge in [0.15, 0.2) is 11.6 Å². The summed E-state index contributed by atoms with van der Waals surface area (Å²) in [5.41, 5.74) is 1.73. The van der Waals surface area contributed by atoms with Crippen LogP contribution in [0.25, 0.3) is 0 Å². The summed E-state index contributed by atoms with van der Waals surface area (Å²) in [5, 5.41) is 0. The number of phosphoric acid groups is 1. The fraction of sp³-hybridized carbons (Fsp3) is 0. The molecule has 0 bridgehead atoms. The number of rotatable bonds is 8. The molecule has 36 heavy (non-hydrogen) atoms. The topological polar surface area (TPSA) is 92.7 Å². The molecule has 176 valence electrons. The molecule has 0 atom stereocenters. The van der Waals surface area contributed by atoms with E-state index < -0.39 is 7.82 Å². The first kappa shape index (κ1) is 28.5. The molecule has 4 aromatic rings. The van der Waals surface area contributed by atoms with Crippen LogP contribution in [0.4, 0.5) is 0 Å². The maximum Gasteiger partial charge on any atom is 1.00 e. The number of phosphoric ester groups is 1. The molecule has 0 aliphatic heterocycles. The number of ketones is 2. The van der Waals surface area contributed by atoms with Crippen LogP contribution in [-0.2, 0) is 4.57 Å². The molecule has 0 aliphatic carbocycles. The molecule has 4 aromatic carbocycles. The number of carbonyl (C=O) groups is 2. The van der Waals surface area contributed by atoms with Crippen molar-refractivity contribution in [1.29, 1.82) is 0 Å². The third kappa shape index (κ3) is 7.05. The van der Waals surface area contributed by atoms with E-state index in [0.29, 0.717) is 22.3 Å². The van der Waals surface area contributed by atoms with E-state index in [-0.39, 0.29) is 61.6 Å². The number of hydrogen-bond acceptors (Lipinski definition) is 6. The molecular formula is C26H16Br2NaO6P. The van der Waals surface area contributed by atoms with Gasteiger partial charge in [-0.1, -0.05) is 60.7 Å². The molecule has 0 aromatic heterocycles. The number of halogens is 2. The Bertz CT molecular complexity index is 1340. The van der Waals surface area contributed by atoms with Crippen LogP contribution in [0.2, 0.25) is 0 Å². The first-order valence-electron chi connectivity index (χ1n) is 10.2. The number of hydrogen-bond donors (Lipinski definition) is 0. The van der Waals surface area contributed by atoms with E-state index in [1.807, 2.05) is 12.1 Å². The van der Waals surface area contributed by atoms with Crippen molar-refractivity contribution in [2.45, 2.75) is 0 Å². The Morgan fingerprint density at radius 3 is 1.31 bits per heavy atom. The average molecular weight is 638 g/mol. The summed E-state index contributed by atoms with van der Waals surface area (Å²) in [5.74, 6) is -0.512. The van der Waals surface area contributed by atoms with Crippen LogP contribution >= 0.6 is 39.7 Å². The summed E-state index contributed by atoms with van der Waals surface area (Å²) in [6, 6.07) is 26.0. The van der Waals surface area contributed by atoms with Crippen molar-refractivity contribution < 1.29 is 57.7 Å². The Balaban J connectivity index is 0.00000361. The molecule has 0 saturated carbocycles. The Labute approximate surface area is 246 Å². The van der Waals surface area contributed by atoms with E-state index in [1.54, 1.807) is 48.5 Å². The van der Waals surface area contributed by atoms with E-state index in [9.17, 15) is 19.0 Å². The van der Waals surface area contributed by atoms with Gasteiger partial charge in [-0.2, -0.15) is 0 Å². The normalized spacial score (nSPS) is 10.8. The molecule has 0 aliphatic rings.